The molecule has 2 saturated heterocycles. The summed E-state index contributed by atoms with van der Waals surface area (Å²) in [6.07, 6.45) is 10.2. The van der Waals surface area contributed by atoms with Crippen molar-refractivity contribution in [3.05, 3.63) is 47.4 Å². The zero-order valence-corrected chi connectivity index (χ0v) is 27.1. The highest BCUT2D eigenvalue weighted by atomic mass is 16.5. The van der Waals surface area contributed by atoms with E-state index in [0.29, 0.717) is 23.3 Å². The molecule has 3 fully saturated rings. The van der Waals surface area contributed by atoms with Crippen molar-refractivity contribution in [2.45, 2.75) is 65.3 Å². The van der Waals surface area contributed by atoms with Crippen molar-refractivity contribution in [1.82, 2.24) is 20.6 Å². The summed E-state index contributed by atoms with van der Waals surface area (Å²) < 4.78 is 10.3. The van der Waals surface area contributed by atoms with Gasteiger partial charge in [0.1, 0.15) is 18.4 Å². The van der Waals surface area contributed by atoms with Gasteiger partial charge in [0.2, 0.25) is 0 Å². The van der Waals surface area contributed by atoms with Crippen LogP contribution < -0.4 is 20.4 Å². The highest BCUT2D eigenvalue weighted by Crippen LogP contribution is 2.40. The first-order valence-electron chi connectivity index (χ1n) is 15.6. The summed E-state index contributed by atoms with van der Waals surface area (Å²) in [6.45, 7) is 12.8. The third kappa shape index (κ3) is 12.2. The largest absolute Gasteiger partial charge is 0.383 e. The molecule has 10 heteroatoms. The van der Waals surface area contributed by atoms with Crippen LogP contribution >= 0.6 is 0 Å². The van der Waals surface area contributed by atoms with E-state index in [-0.39, 0.29) is 5.91 Å². The number of amides is 1. The molecule has 2 aromatic rings. The number of carbonyl (C=O) groups excluding carboxylic acids is 2. The average Bonchev–Trinajstić information content (AvgIpc) is 3.55. The quantitative estimate of drug-likeness (QED) is 0.406. The molecule has 0 unspecified atom stereocenters. The lowest BCUT2D eigenvalue weighted by molar-refractivity contribution is -0.0980. The first kappa shape index (κ1) is 36.1. The van der Waals surface area contributed by atoms with Gasteiger partial charge in [-0.3, -0.25) is 4.79 Å². The molecule has 1 saturated carbocycles. The molecule has 0 bridgehead atoms. The number of hydrogen-bond donors (Lipinski definition) is 2. The second-order valence-electron chi connectivity index (χ2n) is 11.4. The summed E-state index contributed by atoms with van der Waals surface area (Å²) in [4.78, 5) is 33.8. The Hall–Kier alpha value is -3.08. The smallest absolute Gasteiger partial charge is 0.251 e. The van der Waals surface area contributed by atoms with E-state index >= 15 is 0 Å². The van der Waals surface area contributed by atoms with Crippen LogP contribution in [0.15, 0.2) is 30.3 Å². The maximum absolute atomic E-state index is 12.6. The van der Waals surface area contributed by atoms with Crippen molar-refractivity contribution in [1.29, 1.82) is 0 Å². The Balaban J connectivity index is 0.000000382. The summed E-state index contributed by atoms with van der Waals surface area (Å²) in [7, 11) is 5.59. The van der Waals surface area contributed by atoms with Gasteiger partial charge in [-0.25, -0.2) is 9.97 Å². The Morgan fingerprint density at radius 2 is 1.72 bits per heavy atom. The first-order chi connectivity index (χ1) is 20.9. The molecule has 43 heavy (non-hydrogen) atoms. The Morgan fingerprint density at radius 1 is 1.09 bits per heavy atom. The van der Waals surface area contributed by atoms with E-state index in [1.807, 2.05) is 58.1 Å². The van der Waals surface area contributed by atoms with Crippen LogP contribution in [-0.2, 0) is 20.8 Å². The highest BCUT2D eigenvalue weighted by molar-refractivity contribution is 5.94. The summed E-state index contributed by atoms with van der Waals surface area (Å²) >= 11 is 0. The maximum atomic E-state index is 12.6. The van der Waals surface area contributed by atoms with Crippen LogP contribution in [0.1, 0.15) is 73.7 Å². The molecule has 5 rings (SSSR count). The van der Waals surface area contributed by atoms with Crippen LogP contribution in [0.4, 0.5) is 11.5 Å². The van der Waals surface area contributed by atoms with Crippen LogP contribution in [0, 0.1) is 12.3 Å². The monoisotopic (exact) mass is 598 g/mol. The number of aromatic nitrogens is 2. The molecule has 1 aromatic heterocycles. The van der Waals surface area contributed by atoms with E-state index in [0.717, 1.165) is 69.6 Å². The zero-order valence-electron chi connectivity index (χ0n) is 27.1. The molecule has 0 radical (unpaired) electrons. The molecule has 1 amide bonds. The minimum Gasteiger partial charge on any atom is -0.383 e. The van der Waals surface area contributed by atoms with E-state index in [4.69, 9.17) is 14.3 Å². The van der Waals surface area contributed by atoms with Crippen LogP contribution in [0.2, 0.25) is 0 Å². The first-order valence-corrected chi connectivity index (χ1v) is 15.6. The van der Waals surface area contributed by atoms with Gasteiger partial charge in [-0.1, -0.05) is 38.5 Å². The van der Waals surface area contributed by atoms with Crippen molar-refractivity contribution < 1.29 is 19.1 Å². The third-order valence-electron chi connectivity index (χ3n) is 7.96. The minimum absolute atomic E-state index is 0.0949. The third-order valence-corrected chi connectivity index (χ3v) is 7.96. The summed E-state index contributed by atoms with van der Waals surface area (Å²) in [5.74, 6) is 1.48. The van der Waals surface area contributed by atoms with Gasteiger partial charge in [0.05, 0.1) is 25.5 Å². The number of benzene rings is 1. The number of methoxy groups -OCH3 is 1. The van der Waals surface area contributed by atoms with Gasteiger partial charge in [-0.2, -0.15) is 0 Å². The molecule has 10 nitrogen and oxygen atoms in total. The lowest BCUT2D eigenvalue weighted by atomic mass is 9.79. The second kappa shape index (κ2) is 20.0. The van der Waals surface area contributed by atoms with Crippen LogP contribution in [0.3, 0.4) is 0 Å². The zero-order chi connectivity index (χ0) is 31.5. The van der Waals surface area contributed by atoms with Crippen molar-refractivity contribution in [3.63, 3.8) is 0 Å². The standard InChI is InChI=1S/C22H29N5O2.C6H12.C4H11NO.CH2O/c1-4-26(3)20-11-18(24-16(2)25-20)12-23-21(28)17-5-7-19(8-6-17)27-13-22(14-27)9-10-29-15-22;1-2-4-6-5-3-1;1-5-3-4-6-2;1-2/h5-8,11H,4,9-10,12-15H2,1-3H3,(H,23,28);1-6H2;5H,3-4H2,1-2H3;1H2. The molecular formula is C33H54N6O4. The van der Waals surface area contributed by atoms with Crippen LogP contribution in [0.5, 0.6) is 0 Å². The Morgan fingerprint density at radius 3 is 2.21 bits per heavy atom. The molecule has 240 valence electrons. The topological polar surface area (TPSA) is 109 Å². The number of hydrogen-bond acceptors (Lipinski definition) is 9. The molecule has 1 aromatic carbocycles. The molecule has 2 N–H and O–H groups in total. The SMILES string of the molecule is C1CCCCC1.C=O.CCN(C)c1cc(CNC(=O)c2ccc(N3CC4(CCOC4)C3)cc2)nc(C)n1.CNCCOC. The van der Waals surface area contributed by atoms with Crippen LogP contribution in [0.25, 0.3) is 0 Å². The van der Waals surface area contributed by atoms with E-state index in [1.54, 1.807) is 7.11 Å². The number of aryl methyl sites for hydroxylation is 1. The molecule has 3 aliphatic rings. The maximum Gasteiger partial charge on any atom is 0.251 e. The number of anilines is 2. The number of nitrogens with zero attached hydrogens (tertiary/aromatic N) is 4. The predicted molar refractivity (Wildman–Crippen MR) is 174 cm³/mol. The van der Waals surface area contributed by atoms with Gasteiger partial charge in [0, 0.05) is 69.7 Å². The normalized spacial score (nSPS) is 16.3. The molecule has 1 spiro atoms. The predicted octanol–water partition coefficient (Wildman–Crippen LogP) is 4.41. The van der Waals surface area contributed by atoms with Gasteiger partial charge in [0.15, 0.2) is 0 Å². The number of nitrogens with one attached hydrogen (secondary N) is 2. The fourth-order valence-corrected chi connectivity index (χ4v) is 5.27. The van der Waals surface area contributed by atoms with Crippen molar-refractivity contribution in [2.75, 3.05) is 77.0 Å². The lowest BCUT2D eigenvalue weighted by Gasteiger charge is -2.48. The van der Waals surface area contributed by atoms with E-state index in [2.05, 4.69) is 37.3 Å². The highest BCUT2D eigenvalue weighted by Gasteiger charge is 2.45. The van der Waals surface area contributed by atoms with Gasteiger partial charge in [0.25, 0.3) is 5.91 Å². The van der Waals surface area contributed by atoms with E-state index in [1.165, 1.54) is 38.5 Å². The van der Waals surface area contributed by atoms with Crippen molar-refractivity contribution in [3.8, 4) is 0 Å². The van der Waals surface area contributed by atoms with Gasteiger partial charge >= 0.3 is 0 Å². The van der Waals surface area contributed by atoms with Crippen LogP contribution in [-0.4, -0.2) is 89.9 Å². The molecule has 1 aliphatic carbocycles. The summed E-state index contributed by atoms with van der Waals surface area (Å²) in [5.41, 5.74) is 2.99. The Kier molecular flexibility index (Phi) is 16.8. The fraction of sp³-hybridized carbons (Fsp3) is 0.636. The average molecular weight is 599 g/mol. The number of likely N-dealkylation sites (N-methyl/N-ethyl adjacent to an activating group) is 1. The van der Waals surface area contributed by atoms with Crippen molar-refractivity contribution in [2.24, 2.45) is 5.41 Å². The van der Waals surface area contributed by atoms with E-state index in [9.17, 15) is 4.79 Å². The van der Waals surface area contributed by atoms with Gasteiger partial charge in [-0.15, -0.1) is 0 Å². The number of rotatable bonds is 9. The Bertz CT molecular complexity index is 1030. The van der Waals surface area contributed by atoms with E-state index < -0.39 is 0 Å². The molecule has 2 aliphatic heterocycles. The summed E-state index contributed by atoms with van der Waals surface area (Å²) in [5, 5.41) is 5.91. The molecule has 0 atom stereocenters. The fourth-order valence-electron chi connectivity index (χ4n) is 5.27. The summed E-state index contributed by atoms with van der Waals surface area (Å²) in [6, 6.07) is 9.76. The molecular weight excluding hydrogens is 544 g/mol. The van der Waals surface area contributed by atoms with Gasteiger partial charge in [-0.05, 0) is 51.6 Å². The minimum atomic E-state index is -0.0949. The lowest BCUT2D eigenvalue weighted by Crippen LogP contribution is -2.56. The number of ether oxygens (including phenoxy) is 2. The Labute approximate surface area is 258 Å². The van der Waals surface area contributed by atoms with Crippen molar-refractivity contribution >= 4 is 24.2 Å². The van der Waals surface area contributed by atoms with Gasteiger partial charge < -0.3 is 34.7 Å². The molecule has 3 heterocycles. The second-order valence-corrected chi connectivity index (χ2v) is 11.4. The number of carbonyl (C=O) groups is 2.